The highest BCUT2D eigenvalue weighted by atomic mass is 32.1. The monoisotopic (exact) mass is 225 g/mol. The Balaban J connectivity index is 2.19. The highest BCUT2D eigenvalue weighted by Crippen LogP contribution is 2.19. The van der Waals surface area contributed by atoms with Crippen LogP contribution in [-0.4, -0.2) is 12.6 Å². The first-order chi connectivity index (χ1) is 7.26. The maximum absolute atomic E-state index is 3.45. The first-order valence-corrected chi connectivity index (χ1v) is 6.88. The van der Waals surface area contributed by atoms with Crippen molar-refractivity contribution in [1.82, 2.24) is 5.32 Å². The zero-order chi connectivity index (χ0) is 11.1. The van der Waals surface area contributed by atoms with E-state index in [1.807, 2.05) is 11.3 Å². The van der Waals surface area contributed by atoms with Crippen molar-refractivity contribution in [2.45, 2.75) is 52.5 Å². The summed E-state index contributed by atoms with van der Waals surface area (Å²) in [4.78, 5) is 3.07. The van der Waals surface area contributed by atoms with Gasteiger partial charge in [-0.25, -0.2) is 0 Å². The zero-order valence-electron chi connectivity index (χ0n) is 10.2. The number of thiophene rings is 1. The van der Waals surface area contributed by atoms with Gasteiger partial charge in [0.05, 0.1) is 0 Å². The van der Waals surface area contributed by atoms with E-state index in [0.29, 0.717) is 6.04 Å². The van der Waals surface area contributed by atoms with Crippen LogP contribution in [0.15, 0.2) is 12.1 Å². The molecule has 1 N–H and O–H groups in total. The van der Waals surface area contributed by atoms with Crippen LogP contribution in [0, 0.1) is 0 Å². The number of hydrogen-bond acceptors (Lipinski definition) is 2. The SMILES string of the molecule is CCNC(C)CCCc1ccc(CC)s1. The van der Waals surface area contributed by atoms with E-state index in [0.717, 1.165) is 6.54 Å². The molecule has 1 nitrogen and oxygen atoms in total. The van der Waals surface area contributed by atoms with E-state index >= 15 is 0 Å². The molecule has 86 valence electrons. The summed E-state index contributed by atoms with van der Waals surface area (Å²) in [7, 11) is 0. The van der Waals surface area contributed by atoms with Crippen LogP contribution in [0.2, 0.25) is 0 Å². The molecule has 1 aromatic heterocycles. The van der Waals surface area contributed by atoms with Gasteiger partial charge in [0.15, 0.2) is 0 Å². The summed E-state index contributed by atoms with van der Waals surface area (Å²) in [6, 6.07) is 5.23. The molecule has 0 spiro atoms. The van der Waals surface area contributed by atoms with E-state index in [1.54, 1.807) is 4.88 Å². The number of aryl methyl sites for hydroxylation is 2. The highest BCUT2D eigenvalue weighted by Gasteiger charge is 2.01. The lowest BCUT2D eigenvalue weighted by Crippen LogP contribution is -2.25. The van der Waals surface area contributed by atoms with E-state index in [1.165, 1.54) is 30.6 Å². The Kier molecular flexibility index (Phi) is 5.96. The molecule has 1 aromatic rings. The largest absolute Gasteiger partial charge is 0.315 e. The lowest BCUT2D eigenvalue weighted by molar-refractivity contribution is 0.513. The fourth-order valence-corrected chi connectivity index (χ4v) is 2.78. The number of nitrogens with one attached hydrogen (secondary N) is 1. The Morgan fingerprint density at radius 1 is 1.27 bits per heavy atom. The predicted molar refractivity (Wildman–Crippen MR) is 69.8 cm³/mol. The van der Waals surface area contributed by atoms with Crippen LogP contribution < -0.4 is 5.32 Å². The Labute approximate surface area is 97.9 Å². The van der Waals surface area contributed by atoms with E-state index in [4.69, 9.17) is 0 Å². The topological polar surface area (TPSA) is 12.0 Å². The van der Waals surface area contributed by atoms with Crippen LogP contribution in [0.3, 0.4) is 0 Å². The van der Waals surface area contributed by atoms with E-state index < -0.39 is 0 Å². The molecule has 1 heterocycles. The second-order valence-electron chi connectivity index (χ2n) is 4.07. The molecule has 15 heavy (non-hydrogen) atoms. The summed E-state index contributed by atoms with van der Waals surface area (Å²) >= 11 is 1.98. The fraction of sp³-hybridized carbons (Fsp3) is 0.692. The van der Waals surface area contributed by atoms with Gasteiger partial charge in [0, 0.05) is 15.8 Å². The van der Waals surface area contributed by atoms with Crippen LogP contribution >= 0.6 is 11.3 Å². The summed E-state index contributed by atoms with van der Waals surface area (Å²) in [6.45, 7) is 7.75. The van der Waals surface area contributed by atoms with Gasteiger partial charge < -0.3 is 5.32 Å². The van der Waals surface area contributed by atoms with E-state index in [2.05, 4.69) is 38.2 Å². The van der Waals surface area contributed by atoms with Gasteiger partial charge in [0.2, 0.25) is 0 Å². The molecule has 0 fully saturated rings. The zero-order valence-corrected chi connectivity index (χ0v) is 11.0. The maximum atomic E-state index is 3.45. The number of hydrogen-bond donors (Lipinski definition) is 1. The van der Waals surface area contributed by atoms with Crippen LogP contribution in [0.5, 0.6) is 0 Å². The molecule has 0 aliphatic rings. The van der Waals surface area contributed by atoms with E-state index in [9.17, 15) is 0 Å². The number of rotatable bonds is 7. The van der Waals surface area contributed by atoms with Gasteiger partial charge in [0.1, 0.15) is 0 Å². The molecule has 1 atom stereocenters. The van der Waals surface area contributed by atoms with Gasteiger partial charge in [-0.05, 0) is 51.3 Å². The molecule has 0 amide bonds. The molecular weight excluding hydrogens is 202 g/mol. The summed E-state index contributed by atoms with van der Waals surface area (Å²) in [5, 5.41) is 3.45. The van der Waals surface area contributed by atoms with Crippen LogP contribution in [0.4, 0.5) is 0 Å². The second kappa shape index (κ2) is 7.02. The third-order valence-corrected chi connectivity index (χ3v) is 3.97. The first kappa shape index (κ1) is 12.7. The van der Waals surface area contributed by atoms with Crippen molar-refractivity contribution in [1.29, 1.82) is 0 Å². The molecular formula is C13H23NS. The Morgan fingerprint density at radius 2 is 2.00 bits per heavy atom. The highest BCUT2D eigenvalue weighted by molar-refractivity contribution is 7.11. The molecule has 1 rings (SSSR count). The Hall–Kier alpha value is -0.340. The smallest absolute Gasteiger partial charge is 0.00481 e. The molecule has 0 aliphatic heterocycles. The minimum atomic E-state index is 0.667. The maximum Gasteiger partial charge on any atom is 0.00481 e. The molecule has 0 radical (unpaired) electrons. The van der Waals surface area contributed by atoms with Crippen molar-refractivity contribution in [3.05, 3.63) is 21.9 Å². The molecule has 0 saturated heterocycles. The third-order valence-electron chi connectivity index (χ3n) is 2.68. The van der Waals surface area contributed by atoms with Crippen LogP contribution in [0.25, 0.3) is 0 Å². The second-order valence-corrected chi connectivity index (χ2v) is 5.33. The third kappa shape index (κ3) is 4.80. The minimum absolute atomic E-state index is 0.667. The molecule has 1 unspecified atom stereocenters. The van der Waals surface area contributed by atoms with Crippen molar-refractivity contribution in [3.63, 3.8) is 0 Å². The van der Waals surface area contributed by atoms with Gasteiger partial charge in [-0.2, -0.15) is 0 Å². The normalized spacial score (nSPS) is 13.0. The van der Waals surface area contributed by atoms with E-state index in [-0.39, 0.29) is 0 Å². The van der Waals surface area contributed by atoms with Crippen molar-refractivity contribution in [3.8, 4) is 0 Å². The average Bonchev–Trinajstić information content (AvgIpc) is 2.66. The van der Waals surface area contributed by atoms with Gasteiger partial charge in [-0.15, -0.1) is 11.3 Å². The summed E-state index contributed by atoms with van der Waals surface area (Å²) in [6.07, 6.45) is 5.02. The Morgan fingerprint density at radius 3 is 2.60 bits per heavy atom. The van der Waals surface area contributed by atoms with Crippen molar-refractivity contribution >= 4 is 11.3 Å². The van der Waals surface area contributed by atoms with Crippen molar-refractivity contribution in [2.24, 2.45) is 0 Å². The molecule has 0 bridgehead atoms. The van der Waals surface area contributed by atoms with Gasteiger partial charge in [-0.1, -0.05) is 13.8 Å². The van der Waals surface area contributed by atoms with Crippen molar-refractivity contribution in [2.75, 3.05) is 6.54 Å². The Bertz CT molecular complexity index is 267. The van der Waals surface area contributed by atoms with Crippen LogP contribution in [0.1, 0.15) is 43.4 Å². The average molecular weight is 225 g/mol. The van der Waals surface area contributed by atoms with Gasteiger partial charge in [-0.3, -0.25) is 0 Å². The molecule has 2 heteroatoms. The lowest BCUT2D eigenvalue weighted by atomic mass is 10.1. The van der Waals surface area contributed by atoms with Crippen LogP contribution in [-0.2, 0) is 12.8 Å². The molecule has 0 saturated carbocycles. The standard InChI is InChI=1S/C13H23NS/c1-4-12-9-10-13(15-12)8-6-7-11(3)14-5-2/h9-11,14H,4-8H2,1-3H3. The summed E-state index contributed by atoms with van der Waals surface area (Å²) in [5.41, 5.74) is 0. The fourth-order valence-electron chi connectivity index (χ4n) is 1.78. The summed E-state index contributed by atoms with van der Waals surface area (Å²) < 4.78 is 0. The quantitative estimate of drug-likeness (QED) is 0.747. The first-order valence-electron chi connectivity index (χ1n) is 6.07. The van der Waals surface area contributed by atoms with Crippen molar-refractivity contribution < 1.29 is 0 Å². The summed E-state index contributed by atoms with van der Waals surface area (Å²) in [5.74, 6) is 0. The van der Waals surface area contributed by atoms with Gasteiger partial charge >= 0.3 is 0 Å². The predicted octanol–water partition coefficient (Wildman–Crippen LogP) is 3.63. The molecule has 0 aliphatic carbocycles. The van der Waals surface area contributed by atoms with Gasteiger partial charge in [0.25, 0.3) is 0 Å². The minimum Gasteiger partial charge on any atom is -0.315 e. The lowest BCUT2D eigenvalue weighted by Gasteiger charge is -2.10. The molecule has 0 aromatic carbocycles.